The maximum absolute atomic E-state index is 12.9. The van der Waals surface area contributed by atoms with E-state index in [9.17, 15) is 14.0 Å². The third-order valence-corrected chi connectivity index (χ3v) is 2.46. The largest absolute Gasteiger partial charge is 0.381 e. The minimum absolute atomic E-state index is 0.0493. The predicted octanol–water partition coefficient (Wildman–Crippen LogP) is 0.455. The lowest BCUT2D eigenvalue weighted by atomic mass is 10.2. The Labute approximate surface area is 113 Å². The Bertz CT molecular complexity index is 520. The summed E-state index contributed by atoms with van der Waals surface area (Å²) in [6, 6.07) is 3.99. The van der Waals surface area contributed by atoms with E-state index in [-0.39, 0.29) is 11.6 Å². The van der Waals surface area contributed by atoms with Crippen LogP contribution in [0.5, 0.6) is 0 Å². The van der Waals surface area contributed by atoms with Crippen LogP contribution in [-0.2, 0) is 9.59 Å². The normalized spacial score (nSPS) is 12.4. The maximum atomic E-state index is 12.9. The number of primary amides is 1. The van der Waals surface area contributed by atoms with Crippen molar-refractivity contribution < 1.29 is 19.1 Å². The van der Waals surface area contributed by atoms with Crippen molar-refractivity contribution in [2.24, 2.45) is 5.73 Å². The molecule has 1 aromatic carbocycles. The number of hydrogen-bond acceptors (Lipinski definition) is 3. The van der Waals surface area contributed by atoms with Gasteiger partial charge in [-0.1, -0.05) is 17.7 Å². The highest BCUT2D eigenvalue weighted by atomic mass is 35.5. The molecule has 1 unspecified atom stereocenters. The second-order valence-corrected chi connectivity index (χ2v) is 4.08. The number of amides is 2. The van der Waals surface area contributed by atoms with E-state index in [1.54, 1.807) is 0 Å². The van der Waals surface area contributed by atoms with Crippen LogP contribution in [-0.4, -0.2) is 29.6 Å². The standard InChI is InChI=1S/C12H12ClFN2O3/c13-8-5-7(1-3-9(8)14)2-4-11(18)16-6-10(17)12(15)19/h1-5,10,17H,6H2,(H2,15,19)(H,16,18)/b4-2+. The molecule has 0 saturated carbocycles. The second kappa shape index (κ2) is 6.86. The Kier molecular flexibility index (Phi) is 5.47. The molecule has 1 atom stereocenters. The molecule has 0 aromatic heterocycles. The van der Waals surface area contributed by atoms with Gasteiger partial charge in [0, 0.05) is 6.08 Å². The average molecular weight is 287 g/mol. The number of carbonyl (C=O) groups excluding carboxylic acids is 2. The van der Waals surface area contributed by atoms with E-state index in [0.29, 0.717) is 5.56 Å². The number of halogens is 2. The van der Waals surface area contributed by atoms with Crippen molar-refractivity contribution in [3.8, 4) is 0 Å². The van der Waals surface area contributed by atoms with E-state index >= 15 is 0 Å². The maximum Gasteiger partial charge on any atom is 0.248 e. The minimum Gasteiger partial charge on any atom is -0.381 e. The molecule has 7 heteroatoms. The molecule has 0 aliphatic rings. The number of carbonyl (C=O) groups is 2. The van der Waals surface area contributed by atoms with Crippen molar-refractivity contribution in [1.82, 2.24) is 5.32 Å². The summed E-state index contributed by atoms with van der Waals surface area (Å²) in [5.74, 6) is -2.00. The van der Waals surface area contributed by atoms with Gasteiger partial charge in [0.2, 0.25) is 11.8 Å². The fraction of sp³-hybridized carbons (Fsp3) is 0.167. The lowest BCUT2D eigenvalue weighted by Gasteiger charge is -2.06. The smallest absolute Gasteiger partial charge is 0.248 e. The molecule has 2 amide bonds. The first kappa shape index (κ1) is 15.1. The van der Waals surface area contributed by atoms with Crippen LogP contribution >= 0.6 is 11.6 Å². The van der Waals surface area contributed by atoms with Crippen molar-refractivity contribution in [2.45, 2.75) is 6.10 Å². The third-order valence-electron chi connectivity index (χ3n) is 2.17. The summed E-state index contributed by atoms with van der Waals surface area (Å²) < 4.78 is 12.9. The zero-order chi connectivity index (χ0) is 14.4. The summed E-state index contributed by atoms with van der Waals surface area (Å²) in [5, 5.41) is 11.3. The number of aliphatic hydroxyl groups is 1. The van der Waals surface area contributed by atoms with E-state index in [2.05, 4.69) is 5.32 Å². The van der Waals surface area contributed by atoms with Crippen molar-refractivity contribution in [3.63, 3.8) is 0 Å². The van der Waals surface area contributed by atoms with Crippen LogP contribution in [0.4, 0.5) is 4.39 Å². The Balaban J connectivity index is 2.54. The molecule has 0 heterocycles. The summed E-state index contributed by atoms with van der Waals surface area (Å²) in [6.07, 6.45) is 1.15. The van der Waals surface area contributed by atoms with Gasteiger partial charge in [0.05, 0.1) is 11.6 Å². The van der Waals surface area contributed by atoms with Gasteiger partial charge in [0.25, 0.3) is 0 Å². The predicted molar refractivity (Wildman–Crippen MR) is 68.7 cm³/mol. The molecule has 5 nitrogen and oxygen atoms in total. The third kappa shape index (κ3) is 5.07. The lowest BCUT2D eigenvalue weighted by Crippen LogP contribution is -2.39. The van der Waals surface area contributed by atoms with Gasteiger partial charge >= 0.3 is 0 Å². The number of benzene rings is 1. The van der Waals surface area contributed by atoms with Gasteiger partial charge in [-0.05, 0) is 23.8 Å². The Morgan fingerprint density at radius 2 is 2.21 bits per heavy atom. The van der Waals surface area contributed by atoms with Crippen LogP contribution in [0.1, 0.15) is 5.56 Å². The molecule has 4 N–H and O–H groups in total. The highest BCUT2D eigenvalue weighted by Gasteiger charge is 2.10. The van der Waals surface area contributed by atoms with Crippen LogP contribution in [0.2, 0.25) is 5.02 Å². The van der Waals surface area contributed by atoms with E-state index < -0.39 is 23.7 Å². The van der Waals surface area contributed by atoms with Crippen molar-refractivity contribution in [1.29, 1.82) is 0 Å². The minimum atomic E-state index is -1.43. The van der Waals surface area contributed by atoms with Crippen LogP contribution in [0, 0.1) is 5.82 Å². The van der Waals surface area contributed by atoms with Gasteiger partial charge in [-0.15, -0.1) is 0 Å². The van der Waals surface area contributed by atoms with Gasteiger partial charge < -0.3 is 16.2 Å². The quantitative estimate of drug-likeness (QED) is 0.686. The fourth-order valence-corrected chi connectivity index (χ4v) is 1.33. The number of aliphatic hydroxyl groups excluding tert-OH is 1. The van der Waals surface area contributed by atoms with E-state index in [0.717, 1.165) is 6.08 Å². The van der Waals surface area contributed by atoms with Gasteiger partial charge in [0.1, 0.15) is 11.9 Å². The Hall–Kier alpha value is -1.92. The Morgan fingerprint density at radius 1 is 1.53 bits per heavy atom. The molecule has 0 saturated heterocycles. The van der Waals surface area contributed by atoms with Gasteiger partial charge in [-0.2, -0.15) is 0 Å². The van der Waals surface area contributed by atoms with Crippen LogP contribution < -0.4 is 11.1 Å². The fourth-order valence-electron chi connectivity index (χ4n) is 1.14. The van der Waals surface area contributed by atoms with Crippen molar-refractivity contribution in [2.75, 3.05) is 6.54 Å². The molecule has 19 heavy (non-hydrogen) atoms. The summed E-state index contributed by atoms with van der Waals surface area (Å²) in [7, 11) is 0. The summed E-state index contributed by atoms with van der Waals surface area (Å²) in [4.78, 5) is 21.8. The average Bonchev–Trinajstić information content (AvgIpc) is 2.37. The van der Waals surface area contributed by atoms with Gasteiger partial charge in [0.15, 0.2) is 0 Å². The zero-order valence-corrected chi connectivity index (χ0v) is 10.5. The van der Waals surface area contributed by atoms with Crippen LogP contribution in [0.3, 0.4) is 0 Å². The molecule has 0 fully saturated rings. The monoisotopic (exact) mass is 286 g/mol. The van der Waals surface area contributed by atoms with E-state index in [1.165, 1.54) is 24.3 Å². The number of rotatable bonds is 5. The first-order valence-electron chi connectivity index (χ1n) is 5.28. The molecule has 0 radical (unpaired) electrons. The van der Waals surface area contributed by atoms with Crippen LogP contribution in [0.15, 0.2) is 24.3 Å². The molecule has 102 valence electrons. The zero-order valence-electron chi connectivity index (χ0n) is 9.77. The van der Waals surface area contributed by atoms with E-state index in [4.69, 9.17) is 22.4 Å². The Morgan fingerprint density at radius 3 is 2.79 bits per heavy atom. The molecule has 0 aliphatic carbocycles. The summed E-state index contributed by atoms with van der Waals surface area (Å²) in [6.45, 7) is -0.275. The molecule has 0 aliphatic heterocycles. The summed E-state index contributed by atoms with van der Waals surface area (Å²) >= 11 is 5.57. The number of nitrogens with two attached hydrogens (primary N) is 1. The highest BCUT2D eigenvalue weighted by Crippen LogP contribution is 2.16. The van der Waals surface area contributed by atoms with Crippen LogP contribution in [0.25, 0.3) is 6.08 Å². The molecule has 0 bridgehead atoms. The number of nitrogens with one attached hydrogen (secondary N) is 1. The molecular weight excluding hydrogens is 275 g/mol. The molecule has 1 aromatic rings. The number of hydrogen-bond donors (Lipinski definition) is 3. The molecule has 0 spiro atoms. The van der Waals surface area contributed by atoms with Crippen molar-refractivity contribution >= 4 is 29.5 Å². The first-order valence-corrected chi connectivity index (χ1v) is 5.66. The summed E-state index contributed by atoms with van der Waals surface area (Å²) in [5.41, 5.74) is 5.35. The second-order valence-electron chi connectivity index (χ2n) is 3.67. The first-order chi connectivity index (χ1) is 8.90. The van der Waals surface area contributed by atoms with E-state index in [1.807, 2.05) is 0 Å². The van der Waals surface area contributed by atoms with Crippen molar-refractivity contribution in [3.05, 3.63) is 40.7 Å². The van der Waals surface area contributed by atoms with Gasteiger partial charge in [-0.25, -0.2) is 4.39 Å². The highest BCUT2D eigenvalue weighted by molar-refractivity contribution is 6.30. The SMILES string of the molecule is NC(=O)C(O)CNC(=O)/C=C/c1ccc(F)c(Cl)c1. The molecule has 1 rings (SSSR count). The lowest BCUT2D eigenvalue weighted by molar-refractivity contribution is -0.126. The molecular formula is C12H12ClFN2O3. The topological polar surface area (TPSA) is 92.4 Å². The van der Waals surface area contributed by atoms with Gasteiger partial charge in [-0.3, -0.25) is 9.59 Å².